The highest BCUT2D eigenvalue weighted by Crippen LogP contribution is 2.76. The van der Waals surface area contributed by atoms with E-state index in [1.165, 1.54) is 10.6 Å². The second-order valence-corrected chi connectivity index (χ2v) is 14.9. The number of hydrogen-bond donors (Lipinski definition) is 0. The number of fused-ring (bicyclic) bond motifs is 1. The van der Waals surface area contributed by atoms with Gasteiger partial charge in [0.05, 0.1) is 0 Å². The van der Waals surface area contributed by atoms with Crippen LogP contribution in [0.1, 0.15) is 49.4 Å². The van der Waals surface area contributed by atoms with Gasteiger partial charge in [0.2, 0.25) is 11.8 Å². The summed E-state index contributed by atoms with van der Waals surface area (Å²) in [6.07, 6.45) is 0.494. The summed E-state index contributed by atoms with van der Waals surface area (Å²) < 4.78 is 2.67. The van der Waals surface area contributed by atoms with Gasteiger partial charge in [-0.1, -0.05) is 121 Å². The van der Waals surface area contributed by atoms with Crippen molar-refractivity contribution in [1.29, 1.82) is 0 Å². The largest absolute Gasteiger partial charge is 0.273 e. The number of hydrogen-bond acceptors (Lipinski definition) is 3. The normalized spacial score (nSPS) is 21.0. The highest BCUT2D eigenvalue weighted by Gasteiger charge is 2.58. The Morgan fingerprint density at radius 3 is 1.32 bits per heavy atom. The summed E-state index contributed by atoms with van der Waals surface area (Å²) in [7, 11) is -2.11. The number of rotatable bonds is 7. The Morgan fingerprint density at radius 1 is 0.625 bits per heavy atom. The fourth-order valence-corrected chi connectivity index (χ4v) is 13.0. The van der Waals surface area contributed by atoms with Crippen molar-refractivity contribution in [3.63, 3.8) is 0 Å². The van der Waals surface area contributed by atoms with Crippen LogP contribution in [0.2, 0.25) is 0 Å². The summed E-state index contributed by atoms with van der Waals surface area (Å²) in [4.78, 5) is 27.5. The van der Waals surface area contributed by atoms with Crippen molar-refractivity contribution in [1.82, 2.24) is 14.5 Å². The van der Waals surface area contributed by atoms with Crippen LogP contribution in [0.25, 0.3) is 0 Å². The monoisotopic (exact) mass is 565 g/mol. The number of carbonyl (C=O) groups is 2. The third-order valence-electron chi connectivity index (χ3n) is 7.36. The van der Waals surface area contributed by atoms with Gasteiger partial charge >= 0.3 is 0 Å². The Kier molecular flexibility index (Phi) is 7.80. The van der Waals surface area contributed by atoms with Gasteiger partial charge in [0.15, 0.2) is 0 Å². The van der Waals surface area contributed by atoms with Crippen molar-refractivity contribution in [2.75, 3.05) is 0 Å². The van der Waals surface area contributed by atoms with Gasteiger partial charge < -0.3 is 0 Å². The topological polar surface area (TPSA) is 43.9 Å². The summed E-state index contributed by atoms with van der Waals surface area (Å²) in [5.74, 6) is -0.463. The first-order valence-corrected chi connectivity index (χ1v) is 16.5. The molecule has 4 aromatic carbocycles. The molecule has 202 valence electrons. The average Bonchev–Trinajstić information content (AvgIpc) is 3.36. The summed E-state index contributed by atoms with van der Waals surface area (Å²) >= 11 is 0. The SMILES string of the molecule is CC(C)N(P(c1ccccc1)c1ccccc1)P1[C@H](c2ccccc2)N2C(=O)CCC(=O)N2[C@@H]1c1ccccc1. The maximum absolute atomic E-state index is 13.8. The lowest BCUT2D eigenvalue weighted by Gasteiger charge is -2.43. The molecule has 2 aliphatic heterocycles. The molecule has 0 aliphatic carbocycles. The van der Waals surface area contributed by atoms with E-state index in [1.54, 1.807) is 0 Å². The highest BCUT2D eigenvalue weighted by molar-refractivity contribution is 7.79. The Hall–Kier alpha value is -3.36. The highest BCUT2D eigenvalue weighted by atomic mass is 31.2. The Labute approximate surface area is 239 Å². The molecule has 2 heterocycles. The summed E-state index contributed by atoms with van der Waals surface area (Å²) in [5, 5.41) is 6.17. The molecular formula is C33H33N3O2P2. The number of nitrogens with zero attached hydrogens (tertiary/aromatic N) is 3. The Morgan fingerprint density at radius 2 is 0.975 bits per heavy atom. The molecule has 6 rings (SSSR count). The first-order valence-electron chi connectivity index (χ1n) is 13.8. The molecular weight excluding hydrogens is 532 g/mol. The minimum absolute atomic E-state index is 0.0202. The molecule has 40 heavy (non-hydrogen) atoms. The van der Waals surface area contributed by atoms with Gasteiger partial charge in [0, 0.05) is 35.0 Å². The van der Waals surface area contributed by atoms with E-state index >= 15 is 0 Å². The van der Waals surface area contributed by atoms with E-state index in [9.17, 15) is 9.59 Å². The van der Waals surface area contributed by atoms with Gasteiger partial charge in [-0.25, -0.2) is 14.5 Å². The van der Waals surface area contributed by atoms with E-state index in [1.807, 2.05) is 46.4 Å². The zero-order chi connectivity index (χ0) is 27.6. The molecule has 1 unspecified atom stereocenters. The molecule has 0 saturated carbocycles. The summed E-state index contributed by atoms with van der Waals surface area (Å²) in [6, 6.07) is 42.2. The molecule has 0 N–H and O–H groups in total. The predicted octanol–water partition coefficient (Wildman–Crippen LogP) is 6.92. The quantitative estimate of drug-likeness (QED) is 0.229. The van der Waals surface area contributed by atoms with E-state index in [0.29, 0.717) is 0 Å². The van der Waals surface area contributed by atoms with Gasteiger partial charge in [0.25, 0.3) is 0 Å². The summed E-state index contributed by atoms with van der Waals surface area (Å²) in [5.41, 5.74) is 2.14. The maximum Gasteiger partial charge on any atom is 0.242 e. The smallest absolute Gasteiger partial charge is 0.242 e. The van der Waals surface area contributed by atoms with Crippen molar-refractivity contribution in [2.24, 2.45) is 0 Å². The number of amides is 2. The van der Waals surface area contributed by atoms with Crippen LogP contribution in [0.5, 0.6) is 0 Å². The number of hydrazine groups is 1. The van der Waals surface area contributed by atoms with E-state index in [2.05, 4.69) is 103 Å². The first-order chi connectivity index (χ1) is 19.6. The molecule has 5 nitrogen and oxygen atoms in total. The van der Waals surface area contributed by atoms with Crippen LogP contribution in [0, 0.1) is 0 Å². The van der Waals surface area contributed by atoms with Gasteiger partial charge in [0.1, 0.15) is 11.6 Å². The molecule has 2 amide bonds. The van der Waals surface area contributed by atoms with Crippen molar-refractivity contribution >= 4 is 38.6 Å². The molecule has 0 bridgehead atoms. The standard InChI is InChI=1S/C33H33N3O2P2/c1-25(2)36(39(28-19-11-5-12-20-28)29-21-13-6-14-22-29)40-32(26-15-7-3-8-16-26)34-30(37)23-24-31(38)35(34)33(40)27-17-9-4-10-18-27/h3-22,25,32-33H,23-24H2,1-2H3/t32-,33+,40?. The second-order valence-electron chi connectivity index (χ2n) is 10.3. The Balaban J connectivity index is 1.63. The predicted molar refractivity (Wildman–Crippen MR) is 164 cm³/mol. The van der Waals surface area contributed by atoms with Crippen molar-refractivity contribution < 1.29 is 9.59 Å². The lowest BCUT2D eigenvalue weighted by atomic mass is 10.1. The van der Waals surface area contributed by atoms with E-state index < -0.39 is 16.1 Å². The molecule has 4 aromatic rings. The zero-order valence-electron chi connectivity index (χ0n) is 22.7. The molecule has 0 spiro atoms. The van der Waals surface area contributed by atoms with Gasteiger partial charge in [-0.15, -0.1) is 0 Å². The molecule has 7 heteroatoms. The summed E-state index contributed by atoms with van der Waals surface area (Å²) in [6.45, 7) is 4.51. The molecule has 2 fully saturated rings. The van der Waals surface area contributed by atoms with E-state index in [4.69, 9.17) is 0 Å². The molecule has 3 atom stereocenters. The van der Waals surface area contributed by atoms with Crippen LogP contribution in [-0.2, 0) is 9.59 Å². The Bertz CT molecular complexity index is 1350. The van der Waals surface area contributed by atoms with Crippen molar-refractivity contribution in [3.05, 3.63) is 132 Å². The molecule has 0 aromatic heterocycles. The maximum atomic E-state index is 13.8. The second kappa shape index (κ2) is 11.6. The van der Waals surface area contributed by atoms with Crippen LogP contribution in [0.4, 0.5) is 0 Å². The van der Waals surface area contributed by atoms with Crippen LogP contribution in [0.15, 0.2) is 121 Å². The van der Waals surface area contributed by atoms with Gasteiger partial charge in [-0.3, -0.25) is 9.59 Å². The first kappa shape index (κ1) is 26.8. The molecule has 0 radical (unpaired) electrons. The lowest BCUT2D eigenvalue weighted by Crippen LogP contribution is -2.50. The third kappa shape index (κ3) is 4.88. The minimum Gasteiger partial charge on any atom is -0.273 e. The zero-order valence-corrected chi connectivity index (χ0v) is 24.5. The minimum atomic E-state index is -1.15. The van der Waals surface area contributed by atoms with Crippen LogP contribution in [0.3, 0.4) is 0 Å². The van der Waals surface area contributed by atoms with E-state index in [-0.39, 0.29) is 42.3 Å². The lowest BCUT2D eigenvalue weighted by molar-refractivity contribution is -0.171. The number of carbonyl (C=O) groups excluding carboxylic acids is 2. The molecule has 2 aliphatic rings. The number of benzene rings is 4. The van der Waals surface area contributed by atoms with Crippen molar-refractivity contribution in [3.8, 4) is 0 Å². The fourth-order valence-electron chi connectivity index (χ4n) is 5.74. The van der Waals surface area contributed by atoms with Crippen LogP contribution >= 0.6 is 16.1 Å². The van der Waals surface area contributed by atoms with E-state index in [0.717, 1.165) is 11.1 Å². The van der Waals surface area contributed by atoms with Crippen LogP contribution in [-0.4, -0.2) is 32.3 Å². The average molecular weight is 566 g/mol. The fraction of sp³-hybridized carbons (Fsp3) is 0.212. The van der Waals surface area contributed by atoms with Gasteiger partial charge in [-0.2, -0.15) is 0 Å². The van der Waals surface area contributed by atoms with Crippen molar-refractivity contribution in [2.45, 2.75) is 44.3 Å². The third-order valence-corrected chi connectivity index (χ3v) is 13.9. The van der Waals surface area contributed by atoms with Crippen LogP contribution < -0.4 is 10.6 Å². The van der Waals surface area contributed by atoms with Gasteiger partial charge in [-0.05, 0) is 35.6 Å². The molecule has 2 saturated heterocycles.